The first-order chi connectivity index (χ1) is 8.90. The Labute approximate surface area is 118 Å². The fourth-order valence-electron chi connectivity index (χ4n) is 2.29. The van der Waals surface area contributed by atoms with Crippen LogP contribution >= 0.6 is 0 Å². The minimum Gasteiger partial charge on any atom is -0.334 e. The van der Waals surface area contributed by atoms with Gasteiger partial charge in [0.1, 0.15) is 5.82 Å². The third-order valence-electron chi connectivity index (χ3n) is 4.04. The Morgan fingerprint density at radius 1 is 1.32 bits per heavy atom. The van der Waals surface area contributed by atoms with Gasteiger partial charge >= 0.3 is 0 Å². The van der Waals surface area contributed by atoms with Crippen molar-refractivity contribution in [3.05, 3.63) is 18.2 Å². The Hall–Kier alpha value is -0.830. The molecule has 0 aromatic carbocycles. The SMILES string of the molecule is CCCn1ccnc1C(CC(C)C(C)(C)C)NCC. The minimum atomic E-state index is 0.343. The summed E-state index contributed by atoms with van der Waals surface area (Å²) in [5, 5.41) is 3.60. The number of imidazole rings is 1. The summed E-state index contributed by atoms with van der Waals surface area (Å²) in [7, 11) is 0. The molecule has 1 heterocycles. The second-order valence-electron chi connectivity index (χ2n) is 6.59. The van der Waals surface area contributed by atoms with E-state index in [1.54, 1.807) is 0 Å². The number of nitrogens with zero attached hydrogens (tertiary/aromatic N) is 2. The van der Waals surface area contributed by atoms with E-state index < -0.39 is 0 Å². The summed E-state index contributed by atoms with van der Waals surface area (Å²) in [4.78, 5) is 4.59. The lowest BCUT2D eigenvalue weighted by Crippen LogP contribution is -2.29. The molecular formula is C16H31N3. The fourth-order valence-corrected chi connectivity index (χ4v) is 2.29. The Balaban J connectivity index is 2.84. The number of nitrogens with one attached hydrogen (secondary N) is 1. The molecule has 0 fully saturated rings. The third kappa shape index (κ3) is 4.64. The summed E-state index contributed by atoms with van der Waals surface area (Å²) >= 11 is 0. The van der Waals surface area contributed by atoms with Crippen LogP contribution in [0.4, 0.5) is 0 Å². The molecule has 0 saturated heterocycles. The van der Waals surface area contributed by atoms with Gasteiger partial charge in [-0.25, -0.2) is 4.98 Å². The highest BCUT2D eigenvalue weighted by Crippen LogP contribution is 2.32. The van der Waals surface area contributed by atoms with Crippen LogP contribution in [-0.4, -0.2) is 16.1 Å². The van der Waals surface area contributed by atoms with E-state index in [4.69, 9.17) is 0 Å². The van der Waals surface area contributed by atoms with Crippen LogP contribution in [0.2, 0.25) is 0 Å². The van der Waals surface area contributed by atoms with Crippen molar-refractivity contribution < 1.29 is 0 Å². The molecule has 1 aromatic heterocycles. The highest BCUT2D eigenvalue weighted by Gasteiger charge is 2.26. The Kier molecular flexibility index (Phi) is 6.05. The van der Waals surface area contributed by atoms with Crippen molar-refractivity contribution in [2.45, 2.75) is 67.0 Å². The van der Waals surface area contributed by atoms with Crippen molar-refractivity contribution in [2.75, 3.05) is 6.54 Å². The average Bonchev–Trinajstić information content (AvgIpc) is 2.76. The van der Waals surface area contributed by atoms with Crippen LogP contribution in [0.25, 0.3) is 0 Å². The molecule has 0 aliphatic carbocycles. The summed E-state index contributed by atoms with van der Waals surface area (Å²) in [6, 6.07) is 0.362. The highest BCUT2D eigenvalue weighted by atomic mass is 15.1. The van der Waals surface area contributed by atoms with Crippen LogP contribution in [0, 0.1) is 11.3 Å². The third-order valence-corrected chi connectivity index (χ3v) is 4.04. The Morgan fingerprint density at radius 2 is 2.00 bits per heavy atom. The number of hydrogen-bond donors (Lipinski definition) is 1. The van der Waals surface area contributed by atoms with Crippen LogP contribution in [0.3, 0.4) is 0 Å². The molecule has 1 rings (SSSR count). The maximum Gasteiger partial charge on any atom is 0.125 e. The van der Waals surface area contributed by atoms with Gasteiger partial charge in [0.05, 0.1) is 6.04 Å². The number of aryl methyl sites for hydroxylation is 1. The molecule has 0 radical (unpaired) electrons. The van der Waals surface area contributed by atoms with Crippen molar-refractivity contribution in [2.24, 2.45) is 11.3 Å². The first kappa shape index (κ1) is 16.2. The zero-order valence-electron chi connectivity index (χ0n) is 13.5. The number of hydrogen-bond acceptors (Lipinski definition) is 2. The van der Waals surface area contributed by atoms with Gasteiger partial charge in [0, 0.05) is 18.9 Å². The standard InChI is InChI=1S/C16H31N3/c1-7-10-19-11-9-18-15(19)14(17-8-2)12-13(3)16(4,5)6/h9,11,13-14,17H,7-8,10,12H2,1-6H3. The van der Waals surface area contributed by atoms with Crippen LogP contribution in [-0.2, 0) is 6.54 Å². The van der Waals surface area contributed by atoms with Crippen LogP contribution in [0.5, 0.6) is 0 Å². The predicted molar refractivity (Wildman–Crippen MR) is 82.2 cm³/mol. The lowest BCUT2D eigenvalue weighted by Gasteiger charge is -2.31. The second kappa shape index (κ2) is 7.09. The van der Waals surface area contributed by atoms with Gasteiger partial charge in [-0.2, -0.15) is 0 Å². The van der Waals surface area contributed by atoms with E-state index in [0.717, 1.165) is 25.9 Å². The fraction of sp³-hybridized carbons (Fsp3) is 0.812. The molecule has 2 atom stereocenters. The first-order valence-electron chi connectivity index (χ1n) is 7.64. The zero-order valence-corrected chi connectivity index (χ0v) is 13.5. The maximum absolute atomic E-state index is 4.59. The van der Waals surface area contributed by atoms with Gasteiger partial charge in [-0.05, 0) is 30.7 Å². The molecule has 3 nitrogen and oxygen atoms in total. The highest BCUT2D eigenvalue weighted by molar-refractivity contribution is 5.00. The van der Waals surface area contributed by atoms with E-state index in [-0.39, 0.29) is 0 Å². The van der Waals surface area contributed by atoms with E-state index in [1.165, 1.54) is 5.82 Å². The largest absolute Gasteiger partial charge is 0.334 e. The summed E-state index contributed by atoms with van der Waals surface area (Å²) in [5.74, 6) is 1.85. The number of aromatic nitrogens is 2. The second-order valence-corrected chi connectivity index (χ2v) is 6.59. The molecule has 2 unspecified atom stereocenters. The predicted octanol–water partition coefficient (Wildman–Crippen LogP) is 4.02. The molecule has 0 saturated carbocycles. The van der Waals surface area contributed by atoms with Crippen molar-refractivity contribution >= 4 is 0 Å². The minimum absolute atomic E-state index is 0.343. The molecule has 110 valence electrons. The lowest BCUT2D eigenvalue weighted by molar-refractivity contribution is 0.219. The molecule has 0 aliphatic heterocycles. The molecular weight excluding hydrogens is 234 g/mol. The maximum atomic E-state index is 4.59. The molecule has 0 bridgehead atoms. The van der Waals surface area contributed by atoms with Gasteiger partial charge < -0.3 is 9.88 Å². The topological polar surface area (TPSA) is 29.9 Å². The monoisotopic (exact) mass is 265 g/mol. The summed E-state index contributed by atoms with van der Waals surface area (Å²) in [6.07, 6.45) is 6.32. The molecule has 0 amide bonds. The smallest absolute Gasteiger partial charge is 0.125 e. The summed E-state index contributed by atoms with van der Waals surface area (Å²) in [6.45, 7) is 15.7. The zero-order chi connectivity index (χ0) is 14.5. The average molecular weight is 265 g/mol. The quantitative estimate of drug-likeness (QED) is 0.807. The first-order valence-corrected chi connectivity index (χ1v) is 7.64. The van der Waals surface area contributed by atoms with Gasteiger partial charge in [-0.3, -0.25) is 0 Å². The number of rotatable bonds is 7. The van der Waals surface area contributed by atoms with Crippen molar-refractivity contribution in [3.8, 4) is 0 Å². The Bertz CT molecular complexity index is 362. The van der Waals surface area contributed by atoms with Gasteiger partial charge in [0.15, 0.2) is 0 Å². The van der Waals surface area contributed by atoms with Crippen molar-refractivity contribution in [1.29, 1.82) is 0 Å². The van der Waals surface area contributed by atoms with Crippen molar-refractivity contribution in [3.63, 3.8) is 0 Å². The summed E-state index contributed by atoms with van der Waals surface area (Å²) in [5.41, 5.74) is 0.343. The van der Waals surface area contributed by atoms with Gasteiger partial charge in [0.2, 0.25) is 0 Å². The molecule has 0 spiro atoms. The molecule has 1 N–H and O–H groups in total. The Morgan fingerprint density at radius 3 is 2.53 bits per heavy atom. The van der Waals surface area contributed by atoms with E-state index in [9.17, 15) is 0 Å². The molecule has 3 heteroatoms. The summed E-state index contributed by atoms with van der Waals surface area (Å²) < 4.78 is 2.29. The molecule has 1 aromatic rings. The van der Waals surface area contributed by atoms with Crippen LogP contribution in [0.15, 0.2) is 12.4 Å². The van der Waals surface area contributed by atoms with E-state index in [1.807, 2.05) is 6.20 Å². The van der Waals surface area contributed by atoms with Crippen LogP contribution in [0.1, 0.15) is 66.3 Å². The molecule has 19 heavy (non-hydrogen) atoms. The lowest BCUT2D eigenvalue weighted by atomic mass is 9.78. The van der Waals surface area contributed by atoms with Gasteiger partial charge in [-0.1, -0.05) is 41.5 Å². The molecule has 0 aliphatic rings. The van der Waals surface area contributed by atoms with E-state index >= 15 is 0 Å². The van der Waals surface area contributed by atoms with E-state index in [0.29, 0.717) is 17.4 Å². The normalized spacial score (nSPS) is 15.5. The van der Waals surface area contributed by atoms with Gasteiger partial charge in [-0.15, -0.1) is 0 Å². The van der Waals surface area contributed by atoms with Crippen molar-refractivity contribution in [1.82, 2.24) is 14.9 Å². The van der Waals surface area contributed by atoms with E-state index in [2.05, 4.69) is 62.6 Å². The van der Waals surface area contributed by atoms with Crippen LogP contribution < -0.4 is 5.32 Å². The van der Waals surface area contributed by atoms with Gasteiger partial charge in [0.25, 0.3) is 0 Å².